The molecule has 0 unspecified atom stereocenters. The third-order valence-corrected chi connectivity index (χ3v) is 3.74. The maximum atomic E-state index is 12.5. The van der Waals surface area contributed by atoms with Gasteiger partial charge >= 0.3 is 12.1 Å². The number of amides is 1. The monoisotopic (exact) mass is 391 g/mol. The molecule has 2 heterocycles. The number of benzene rings is 1. The first-order valence-electron chi connectivity index (χ1n) is 8.16. The fraction of sp³-hybridized carbons (Fsp3) is 0.222. The Morgan fingerprint density at radius 2 is 2.00 bits per heavy atom. The van der Waals surface area contributed by atoms with Gasteiger partial charge in [0.2, 0.25) is 5.82 Å². The molecule has 0 saturated heterocycles. The molecule has 0 bridgehead atoms. The SMILES string of the molecule is CN(C)C(=O)c1cccc(NCc2ccc(-c3noc(C(F)(F)F)n3)cn2)c1. The van der Waals surface area contributed by atoms with Crippen LogP contribution in [-0.4, -0.2) is 40.0 Å². The minimum atomic E-state index is -4.69. The standard InChI is InChI=1S/C18H16F3N5O2/c1-26(2)16(27)11-4-3-5-13(8-11)23-10-14-7-6-12(9-22-14)15-24-17(28-25-15)18(19,20)21/h3-9,23H,10H2,1-2H3. The highest BCUT2D eigenvalue weighted by atomic mass is 19.4. The molecular formula is C18H16F3N5O2. The minimum Gasteiger partial charge on any atom is -0.379 e. The van der Waals surface area contributed by atoms with Gasteiger partial charge in [0.15, 0.2) is 0 Å². The third-order valence-electron chi connectivity index (χ3n) is 3.74. The van der Waals surface area contributed by atoms with E-state index in [1.54, 1.807) is 44.4 Å². The predicted molar refractivity (Wildman–Crippen MR) is 94.3 cm³/mol. The van der Waals surface area contributed by atoms with Crippen LogP contribution in [-0.2, 0) is 12.7 Å². The van der Waals surface area contributed by atoms with Crippen molar-refractivity contribution in [2.24, 2.45) is 0 Å². The van der Waals surface area contributed by atoms with Gasteiger partial charge < -0.3 is 14.7 Å². The summed E-state index contributed by atoms with van der Waals surface area (Å²) in [6, 6.07) is 10.2. The van der Waals surface area contributed by atoms with E-state index in [-0.39, 0.29) is 11.7 Å². The van der Waals surface area contributed by atoms with E-state index in [0.717, 1.165) is 5.69 Å². The van der Waals surface area contributed by atoms with Crippen molar-refractivity contribution in [1.82, 2.24) is 20.0 Å². The summed E-state index contributed by atoms with van der Waals surface area (Å²) in [5, 5.41) is 6.47. The van der Waals surface area contributed by atoms with Crippen LogP contribution >= 0.6 is 0 Å². The third kappa shape index (κ3) is 4.45. The van der Waals surface area contributed by atoms with Gasteiger partial charge in [0.05, 0.1) is 12.2 Å². The first-order chi connectivity index (χ1) is 13.2. The van der Waals surface area contributed by atoms with E-state index < -0.39 is 12.1 Å². The van der Waals surface area contributed by atoms with Crippen LogP contribution < -0.4 is 5.32 Å². The normalized spacial score (nSPS) is 11.3. The van der Waals surface area contributed by atoms with Crippen LogP contribution in [0.15, 0.2) is 47.1 Å². The minimum absolute atomic E-state index is 0.107. The Balaban J connectivity index is 1.66. The average molecular weight is 391 g/mol. The topological polar surface area (TPSA) is 84.2 Å². The summed E-state index contributed by atoms with van der Waals surface area (Å²) in [4.78, 5) is 21.0. The average Bonchev–Trinajstić information content (AvgIpc) is 3.17. The van der Waals surface area contributed by atoms with Gasteiger partial charge in [0.1, 0.15) is 0 Å². The lowest BCUT2D eigenvalue weighted by Crippen LogP contribution is -2.21. The molecule has 10 heteroatoms. The van der Waals surface area contributed by atoms with E-state index in [9.17, 15) is 18.0 Å². The van der Waals surface area contributed by atoms with Gasteiger partial charge in [0, 0.05) is 37.1 Å². The van der Waals surface area contributed by atoms with Crippen LogP contribution in [0.25, 0.3) is 11.4 Å². The molecule has 0 aliphatic rings. The van der Waals surface area contributed by atoms with Gasteiger partial charge in [-0.2, -0.15) is 18.2 Å². The van der Waals surface area contributed by atoms with Crippen molar-refractivity contribution >= 4 is 11.6 Å². The number of rotatable bonds is 5. The van der Waals surface area contributed by atoms with Crippen LogP contribution in [0.4, 0.5) is 18.9 Å². The van der Waals surface area contributed by atoms with Crippen molar-refractivity contribution in [1.29, 1.82) is 0 Å². The van der Waals surface area contributed by atoms with E-state index in [1.807, 2.05) is 6.07 Å². The summed E-state index contributed by atoms with van der Waals surface area (Å²) in [5.41, 5.74) is 2.25. The van der Waals surface area contributed by atoms with Crippen LogP contribution in [0.5, 0.6) is 0 Å². The number of aromatic nitrogens is 3. The summed E-state index contributed by atoms with van der Waals surface area (Å²) in [7, 11) is 3.35. The second-order valence-electron chi connectivity index (χ2n) is 6.09. The molecule has 0 aliphatic carbocycles. The molecule has 3 rings (SSSR count). The zero-order chi connectivity index (χ0) is 20.3. The lowest BCUT2D eigenvalue weighted by molar-refractivity contribution is -0.159. The van der Waals surface area contributed by atoms with Gasteiger partial charge in [-0.3, -0.25) is 9.78 Å². The maximum Gasteiger partial charge on any atom is 0.471 e. The van der Waals surface area contributed by atoms with E-state index in [1.165, 1.54) is 11.1 Å². The molecule has 28 heavy (non-hydrogen) atoms. The number of nitrogens with zero attached hydrogens (tertiary/aromatic N) is 4. The Kier molecular flexibility index (Phi) is 5.30. The lowest BCUT2D eigenvalue weighted by Gasteiger charge is -2.12. The first-order valence-corrected chi connectivity index (χ1v) is 8.16. The highest BCUT2D eigenvalue weighted by Crippen LogP contribution is 2.29. The fourth-order valence-corrected chi connectivity index (χ4v) is 2.33. The maximum absolute atomic E-state index is 12.5. The molecule has 0 spiro atoms. The van der Waals surface area contributed by atoms with Gasteiger partial charge in [-0.15, -0.1) is 0 Å². The Morgan fingerprint density at radius 3 is 2.61 bits per heavy atom. The van der Waals surface area contributed by atoms with Gasteiger partial charge in [-0.05, 0) is 30.3 Å². The van der Waals surface area contributed by atoms with E-state index in [0.29, 0.717) is 23.4 Å². The Hall–Kier alpha value is -3.43. The van der Waals surface area contributed by atoms with Gasteiger partial charge in [-0.25, -0.2) is 0 Å². The molecule has 0 radical (unpaired) electrons. The van der Waals surface area contributed by atoms with E-state index >= 15 is 0 Å². The molecule has 0 fully saturated rings. The second kappa shape index (κ2) is 7.67. The molecule has 0 aliphatic heterocycles. The quantitative estimate of drug-likeness (QED) is 0.717. The van der Waals surface area contributed by atoms with E-state index in [4.69, 9.17) is 0 Å². The van der Waals surface area contributed by atoms with Gasteiger partial charge in [0.25, 0.3) is 5.91 Å². The number of alkyl halides is 3. The van der Waals surface area contributed by atoms with Crippen molar-refractivity contribution in [3.8, 4) is 11.4 Å². The van der Waals surface area contributed by atoms with Crippen LogP contribution in [0, 0.1) is 0 Å². The molecule has 0 saturated carbocycles. The van der Waals surface area contributed by atoms with Crippen molar-refractivity contribution < 1.29 is 22.5 Å². The zero-order valence-electron chi connectivity index (χ0n) is 15.0. The Labute approximate surface area is 158 Å². The molecule has 146 valence electrons. The van der Waals surface area contributed by atoms with E-state index in [2.05, 4.69) is 25.0 Å². The molecule has 1 N–H and O–H groups in total. The molecule has 0 atom stereocenters. The summed E-state index contributed by atoms with van der Waals surface area (Å²) >= 11 is 0. The number of halogens is 3. The number of carbonyl (C=O) groups excluding carboxylic acids is 1. The number of nitrogens with one attached hydrogen (secondary N) is 1. The second-order valence-corrected chi connectivity index (χ2v) is 6.09. The summed E-state index contributed by atoms with van der Waals surface area (Å²) in [6.07, 6.45) is -3.32. The predicted octanol–water partition coefficient (Wildman–Crippen LogP) is 3.46. The lowest BCUT2D eigenvalue weighted by atomic mass is 10.1. The number of hydrogen-bond donors (Lipinski definition) is 1. The first kappa shape index (κ1) is 19.3. The smallest absolute Gasteiger partial charge is 0.379 e. The Bertz CT molecular complexity index is 968. The number of anilines is 1. The number of carbonyl (C=O) groups is 1. The highest BCUT2D eigenvalue weighted by molar-refractivity contribution is 5.94. The van der Waals surface area contributed by atoms with Crippen molar-refractivity contribution in [2.75, 3.05) is 19.4 Å². The van der Waals surface area contributed by atoms with Crippen LogP contribution in [0.1, 0.15) is 21.9 Å². The molecule has 2 aromatic heterocycles. The Morgan fingerprint density at radius 1 is 1.21 bits per heavy atom. The number of hydrogen-bond acceptors (Lipinski definition) is 6. The van der Waals surface area contributed by atoms with Crippen LogP contribution in [0.3, 0.4) is 0 Å². The fourth-order valence-electron chi connectivity index (χ4n) is 2.33. The molecule has 3 aromatic rings. The van der Waals surface area contributed by atoms with Gasteiger partial charge in [-0.1, -0.05) is 11.2 Å². The molecule has 7 nitrogen and oxygen atoms in total. The summed E-state index contributed by atoms with van der Waals surface area (Å²) in [6.45, 7) is 0.361. The molecule has 1 aromatic carbocycles. The van der Waals surface area contributed by atoms with Crippen molar-refractivity contribution in [2.45, 2.75) is 12.7 Å². The summed E-state index contributed by atoms with van der Waals surface area (Å²) < 4.78 is 41.8. The van der Waals surface area contributed by atoms with Crippen molar-refractivity contribution in [3.05, 3.63) is 59.7 Å². The largest absolute Gasteiger partial charge is 0.471 e. The number of pyridine rings is 1. The zero-order valence-corrected chi connectivity index (χ0v) is 15.0. The van der Waals surface area contributed by atoms with Crippen LogP contribution in [0.2, 0.25) is 0 Å². The molecular weight excluding hydrogens is 375 g/mol. The van der Waals surface area contributed by atoms with Crippen molar-refractivity contribution in [3.63, 3.8) is 0 Å². The summed E-state index contributed by atoms with van der Waals surface area (Å²) in [5.74, 6) is -1.70. The molecule has 1 amide bonds. The highest BCUT2D eigenvalue weighted by Gasteiger charge is 2.38.